The van der Waals surface area contributed by atoms with Gasteiger partial charge in [-0.05, 0) is 36.4 Å². The van der Waals surface area contributed by atoms with E-state index in [9.17, 15) is 0 Å². The molecule has 0 aliphatic rings. The van der Waals surface area contributed by atoms with Gasteiger partial charge in [0.2, 0.25) is 0 Å². The summed E-state index contributed by atoms with van der Waals surface area (Å²) in [5.74, 6) is 0.710. The number of rotatable bonds is 1. The molecule has 0 atom stereocenters. The number of nitrogens with two attached hydrogens (primary N) is 1. The van der Waals surface area contributed by atoms with E-state index in [0.717, 1.165) is 11.2 Å². The number of nitrogens with zero attached hydrogens (tertiary/aromatic N) is 4. The van der Waals surface area contributed by atoms with Gasteiger partial charge in [0.15, 0.2) is 11.5 Å². The van der Waals surface area contributed by atoms with Gasteiger partial charge in [0, 0.05) is 17.4 Å². The van der Waals surface area contributed by atoms with Crippen LogP contribution in [0.5, 0.6) is 0 Å². The third-order valence-corrected chi connectivity index (χ3v) is 2.70. The summed E-state index contributed by atoms with van der Waals surface area (Å²) in [5, 5.41) is 17.0. The first-order valence-corrected chi connectivity index (χ1v) is 5.39. The smallest absolute Gasteiger partial charge is 0.168 e. The van der Waals surface area contributed by atoms with Crippen molar-refractivity contribution in [3.63, 3.8) is 0 Å². The van der Waals surface area contributed by atoms with Gasteiger partial charge in [-0.1, -0.05) is 0 Å². The average Bonchev–Trinajstić information content (AvgIpc) is 2.82. The van der Waals surface area contributed by atoms with Crippen molar-refractivity contribution in [2.75, 3.05) is 5.73 Å². The molecular weight excluding hydrogens is 226 g/mol. The minimum absolute atomic E-state index is 0.618. The number of pyridine rings is 1. The highest BCUT2D eigenvalue weighted by Crippen LogP contribution is 2.19. The second-order valence-electron chi connectivity index (χ2n) is 3.90. The molecule has 5 nitrogen and oxygen atoms in total. The number of benzene rings is 1. The highest BCUT2D eigenvalue weighted by Gasteiger charge is 2.07. The number of hydrogen-bond donors (Lipinski definition) is 1. The molecule has 18 heavy (non-hydrogen) atoms. The Labute approximate surface area is 103 Å². The van der Waals surface area contributed by atoms with Crippen LogP contribution in [0.3, 0.4) is 0 Å². The minimum Gasteiger partial charge on any atom is -0.398 e. The molecule has 0 amide bonds. The lowest BCUT2D eigenvalue weighted by molar-refractivity contribution is 1.11. The van der Waals surface area contributed by atoms with Crippen molar-refractivity contribution in [2.24, 2.45) is 0 Å². The Kier molecular flexibility index (Phi) is 2.21. The predicted octanol–water partition coefficient (Wildman–Crippen LogP) is 1.85. The number of nitrogen functional groups attached to an aromatic ring is 1. The van der Waals surface area contributed by atoms with Crippen molar-refractivity contribution in [1.82, 2.24) is 14.6 Å². The van der Waals surface area contributed by atoms with Crippen LogP contribution >= 0.6 is 0 Å². The maximum atomic E-state index is 8.77. The van der Waals surface area contributed by atoms with Gasteiger partial charge in [-0.2, -0.15) is 5.26 Å². The summed E-state index contributed by atoms with van der Waals surface area (Å²) >= 11 is 0. The lowest BCUT2D eigenvalue weighted by Gasteiger charge is -2.01. The third-order valence-electron chi connectivity index (χ3n) is 2.70. The van der Waals surface area contributed by atoms with Crippen LogP contribution in [-0.2, 0) is 0 Å². The second kappa shape index (κ2) is 3.86. The molecule has 0 unspecified atom stereocenters. The van der Waals surface area contributed by atoms with Gasteiger partial charge in [-0.25, -0.2) is 0 Å². The van der Waals surface area contributed by atoms with Crippen molar-refractivity contribution >= 4 is 11.3 Å². The Morgan fingerprint density at radius 1 is 1.06 bits per heavy atom. The fourth-order valence-corrected chi connectivity index (χ4v) is 1.80. The summed E-state index contributed by atoms with van der Waals surface area (Å²) in [6.45, 7) is 0. The first-order valence-electron chi connectivity index (χ1n) is 5.39. The fraction of sp³-hybridized carbons (Fsp3) is 0. The van der Waals surface area contributed by atoms with E-state index in [1.54, 1.807) is 24.4 Å². The monoisotopic (exact) mass is 235 g/mol. The number of aromatic nitrogens is 3. The summed E-state index contributed by atoms with van der Waals surface area (Å²) in [5.41, 5.74) is 8.66. The molecule has 5 heteroatoms. The Morgan fingerprint density at radius 3 is 2.56 bits per heavy atom. The van der Waals surface area contributed by atoms with E-state index in [1.807, 2.05) is 22.6 Å². The van der Waals surface area contributed by atoms with Crippen LogP contribution in [0.15, 0.2) is 42.6 Å². The summed E-state index contributed by atoms with van der Waals surface area (Å²) in [6.07, 6.45) is 1.78. The zero-order valence-electron chi connectivity index (χ0n) is 9.41. The summed E-state index contributed by atoms with van der Waals surface area (Å²) < 4.78 is 1.83. The highest BCUT2D eigenvalue weighted by molar-refractivity contribution is 5.61. The third kappa shape index (κ3) is 1.57. The Bertz CT molecular complexity index is 749. The molecule has 0 radical (unpaired) electrons. The van der Waals surface area contributed by atoms with Crippen LogP contribution in [0, 0.1) is 11.3 Å². The van der Waals surface area contributed by atoms with Crippen molar-refractivity contribution < 1.29 is 0 Å². The highest BCUT2D eigenvalue weighted by atomic mass is 15.2. The van der Waals surface area contributed by atoms with Crippen molar-refractivity contribution in [3.8, 4) is 17.5 Å². The largest absolute Gasteiger partial charge is 0.398 e. The number of nitriles is 1. The molecule has 0 aliphatic carbocycles. The maximum Gasteiger partial charge on any atom is 0.168 e. The first kappa shape index (κ1) is 10.3. The Hall–Kier alpha value is -2.87. The molecule has 3 aromatic rings. The van der Waals surface area contributed by atoms with Gasteiger partial charge >= 0.3 is 0 Å². The van der Waals surface area contributed by atoms with E-state index in [-0.39, 0.29) is 0 Å². The van der Waals surface area contributed by atoms with E-state index < -0.39 is 0 Å². The Balaban J connectivity index is 2.19. The van der Waals surface area contributed by atoms with Crippen LogP contribution in [0.25, 0.3) is 17.0 Å². The summed E-state index contributed by atoms with van der Waals surface area (Å²) in [7, 11) is 0. The zero-order valence-corrected chi connectivity index (χ0v) is 9.41. The van der Waals surface area contributed by atoms with Crippen LogP contribution in [0.1, 0.15) is 5.56 Å². The standard InChI is InChI=1S/C13H9N5/c14-7-9-1-3-10(4-2-9)13-17-16-12-6-5-11(15)8-18(12)13/h1-6,8H,15H2. The van der Waals surface area contributed by atoms with Crippen LogP contribution in [0.4, 0.5) is 5.69 Å². The average molecular weight is 235 g/mol. The van der Waals surface area contributed by atoms with Gasteiger partial charge in [0.05, 0.1) is 11.6 Å². The molecule has 0 saturated heterocycles. The molecule has 1 aromatic carbocycles. The quantitative estimate of drug-likeness (QED) is 0.698. The predicted molar refractivity (Wildman–Crippen MR) is 67.6 cm³/mol. The number of hydrogen-bond acceptors (Lipinski definition) is 4. The van der Waals surface area contributed by atoms with E-state index in [2.05, 4.69) is 16.3 Å². The molecule has 2 aromatic heterocycles. The van der Waals surface area contributed by atoms with Gasteiger partial charge in [-0.3, -0.25) is 4.40 Å². The second-order valence-corrected chi connectivity index (χ2v) is 3.90. The number of anilines is 1. The molecule has 2 N–H and O–H groups in total. The first-order chi connectivity index (χ1) is 8.78. The van der Waals surface area contributed by atoms with E-state index in [4.69, 9.17) is 11.0 Å². The van der Waals surface area contributed by atoms with Gasteiger partial charge < -0.3 is 5.73 Å². The lowest BCUT2D eigenvalue weighted by Crippen LogP contribution is -1.92. The Morgan fingerprint density at radius 2 is 1.83 bits per heavy atom. The fourth-order valence-electron chi connectivity index (χ4n) is 1.80. The van der Waals surface area contributed by atoms with Crippen molar-refractivity contribution in [2.45, 2.75) is 0 Å². The topological polar surface area (TPSA) is 80.0 Å². The number of fused-ring (bicyclic) bond motifs is 1. The molecular formula is C13H9N5. The van der Waals surface area contributed by atoms with Crippen LogP contribution < -0.4 is 5.73 Å². The van der Waals surface area contributed by atoms with Gasteiger partial charge in [0.1, 0.15) is 0 Å². The lowest BCUT2D eigenvalue weighted by atomic mass is 10.1. The van der Waals surface area contributed by atoms with Crippen molar-refractivity contribution in [3.05, 3.63) is 48.2 Å². The molecule has 0 aliphatic heterocycles. The van der Waals surface area contributed by atoms with Gasteiger partial charge in [-0.15, -0.1) is 10.2 Å². The maximum absolute atomic E-state index is 8.77. The summed E-state index contributed by atoms with van der Waals surface area (Å²) in [4.78, 5) is 0. The molecule has 0 bridgehead atoms. The molecule has 3 rings (SSSR count). The molecule has 0 fully saturated rings. The molecule has 0 saturated carbocycles. The minimum atomic E-state index is 0.618. The van der Waals surface area contributed by atoms with Crippen LogP contribution in [-0.4, -0.2) is 14.6 Å². The van der Waals surface area contributed by atoms with E-state index in [0.29, 0.717) is 17.1 Å². The molecule has 2 heterocycles. The molecule has 0 spiro atoms. The zero-order chi connectivity index (χ0) is 12.5. The summed E-state index contributed by atoms with van der Waals surface area (Å²) in [6, 6.07) is 12.9. The van der Waals surface area contributed by atoms with Crippen LogP contribution in [0.2, 0.25) is 0 Å². The van der Waals surface area contributed by atoms with Gasteiger partial charge in [0.25, 0.3) is 0 Å². The molecule has 86 valence electrons. The van der Waals surface area contributed by atoms with Crippen molar-refractivity contribution in [1.29, 1.82) is 5.26 Å². The normalized spacial score (nSPS) is 10.4. The SMILES string of the molecule is N#Cc1ccc(-c2nnc3ccc(N)cn23)cc1. The van der Waals surface area contributed by atoms with E-state index >= 15 is 0 Å². The van der Waals surface area contributed by atoms with E-state index in [1.165, 1.54) is 0 Å².